The van der Waals surface area contributed by atoms with Gasteiger partial charge in [0.05, 0.1) is 11.2 Å². The van der Waals surface area contributed by atoms with Gasteiger partial charge in [-0.2, -0.15) is 5.10 Å². The molecule has 2 aromatic heterocycles. The fourth-order valence-corrected chi connectivity index (χ4v) is 4.26. The molecular formula is C21H24ClN5O2. The van der Waals surface area contributed by atoms with E-state index in [0.29, 0.717) is 24.4 Å². The van der Waals surface area contributed by atoms with E-state index in [2.05, 4.69) is 15.0 Å². The van der Waals surface area contributed by atoms with Gasteiger partial charge in [0.15, 0.2) is 0 Å². The maximum atomic E-state index is 12.5. The third-order valence-electron chi connectivity index (χ3n) is 5.46. The summed E-state index contributed by atoms with van der Waals surface area (Å²) in [6.45, 7) is 4.28. The van der Waals surface area contributed by atoms with Crippen LogP contribution in [0.2, 0.25) is 5.02 Å². The number of aryl methyl sites for hydroxylation is 2. The molecule has 0 radical (unpaired) electrons. The van der Waals surface area contributed by atoms with Crippen molar-refractivity contribution in [1.29, 1.82) is 0 Å². The van der Waals surface area contributed by atoms with Gasteiger partial charge >= 0.3 is 6.03 Å². The molecule has 1 N–H and O–H groups in total. The van der Waals surface area contributed by atoms with E-state index >= 15 is 0 Å². The van der Waals surface area contributed by atoms with E-state index in [9.17, 15) is 9.59 Å². The van der Waals surface area contributed by atoms with Gasteiger partial charge in [0.1, 0.15) is 11.9 Å². The van der Waals surface area contributed by atoms with Crippen LogP contribution in [0.3, 0.4) is 0 Å². The molecule has 4 rings (SSSR count). The van der Waals surface area contributed by atoms with Crippen LogP contribution in [0.15, 0.2) is 30.5 Å². The molecule has 3 amide bonds. The van der Waals surface area contributed by atoms with Crippen molar-refractivity contribution < 1.29 is 9.59 Å². The number of carbonyl (C=O) groups is 2. The maximum Gasteiger partial charge on any atom is 0.324 e. The third-order valence-corrected chi connectivity index (χ3v) is 5.70. The number of rotatable bonds is 6. The highest BCUT2D eigenvalue weighted by atomic mass is 35.5. The van der Waals surface area contributed by atoms with E-state index < -0.39 is 6.04 Å². The van der Waals surface area contributed by atoms with Crippen LogP contribution < -0.4 is 5.32 Å². The molecule has 29 heavy (non-hydrogen) atoms. The number of carbonyl (C=O) groups excluding carboxylic acids is 2. The quantitative estimate of drug-likeness (QED) is 0.627. The molecule has 0 bridgehead atoms. The zero-order chi connectivity index (χ0) is 20.7. The standard InChI is InChI=1S/C21H24ClN5O2/c1-4-5-17-20(28)27(21(29)23-17)11-9-16-13(2)24-25(3)19(16)26-10-8-14-12-15(22)6-7-18(14)26/h6-8,10,12,17H,4-5,9,11H2,1-3H3,(H,23,29). The molecule has 0 saturated carbocycles. The van der Waals surface area contributed by atoms with E-state index in [4.69, 9.17) is 11.6 Å². The topological polar surface area (TPSA) is 72.2 Å². The number of urea groups is 1. The number of imide groups is 1. The minimum absolute atomic E-state index is 0.138. The third kappa shape index (κ3) is 3.40. The lowest BCUT2D eigenvalue weighted by molar-refractivity contribution is -0.127. The number of fused-ring (bicyclic) bond motifs is 1. The predicted octanol–water partition coefficient (Wildman–Crippen LogP) is 3.59. The van der Waals surface area contributed by atoms with E-state index in [-0.39, 0.29) is 11.9 Å². The van der Waals surface area contributed by atoms with Gasteiger partial charge in [-0.25, -0.2) is 4.79 Å². The van der Waals surface area contributed by atoms with Crippen LogP contribution in [0, 0.1) is 6.92 Å². The maximum absolute atomic E-state index is 12.5. The summed E-state index contributed by atoms with van der Waals surface area (Å²) in [6, 6.07) is 7.08. The van der Waals surface area contributed by atoms with Gasteiger partial charge in [0.2, 0.25) is 0 Å². The molecule has 1 fully saturated rings. The number of hydrogen-bond donors (Lipinski definition) is 1. The van der Waals surface area contributed by atoms with Crippen LogP contribution in [0.4, 0.5) is 4.79 Å². The van der Waals surface area contributed by atoms with Crippen molar-refractivity contribution in [2.24, 2.45) is 7.05 Å². The van der Waals surface area contributed by atoms with E-state index in [1.54, 1.807) is 0 Å². The van der Waals surface area contributed by atoms with Crippen LogP contribution in [0.1, 0.15) is 31.0 Å². The van der Waals surface area contributed by atoms with Gasteiger partial charge in [0.25, 0.3) is 5.91 Å². The second-order valence-corrected chi connectivity index (χ2v) is 7.87. The molecule has 1 atom stereocenters. The van der Waals surface area contributed by atoms with E-state index in [0.717, 1.165) is 34.4 Å². The Bertz CT molecular complexity index is 1100. The number of amides is 3. The predicted molar refractivity (Wildman–Crippen MR) is 112 cm³/mol. The average Bonchev–Trinajstić information content (AvgIpc) is 3.28. The molecule has 3 aromatic rings. The van der Waals surface area contributed by atoms with Crippen molar-refractivity contribution in [3.05, 3.63) is 46.7 Å². The van der Waals surface area contributed by atoms with Gasteiger partial charge in [-0.05, 0) is 44.0 Å². The first-order valence-electron chi connectivity index (χ1n) is 9.82. The highest BCUT2D eigenvalue weighted by Crippen LogP contribution is 2.27. The molecule has 1 aliphatic heterocycles. The average molecular weight is 414 g/mol. The number of nitrogens with zero attached hydrogens (tertiary/aromatic N) is 4. The van der Waals surface area contributed by atoms with Crippen LogP contribution in [0.25, 0.3) is 16.7 Å². The summed E-state index contributed by atoms with van der Waals surface area (Å²) in [6.07, 6.45) is 4.05. The zero-order valence-electron chi connectivity index (χ0n) is 16.8. The molecule has 0 aliphatic carbocycles. The number of nitrogens with one attached hydrogen (secondary N) is 1. The Morgan fingerprint density at radius 1 is 1.24 bits per heavy atom. The lowest BCUT2D eigenvalue weighted by atomic mass is 10.1. The molecule has 1 unspecified atom stereocenters. The Morgan fingerprint density at radius 3 is 2.79 bits per heavy atom. The van der Waals surface area contributed by atoms with Crippen LogP contribution >= 0.6 is 11.6 Å². The molecular weight excluding hydrogens is 390 g/mol. The molecule has 8 heteroatoms. The first-order chi connectivity index (χ1) is 13.9. The Morgan fingerprint density at radius 2 is 2.03 bits per heavy atom. The van der Waals surface area contributed by atoms with Crippen molar-refractivity contribution in [3.63, 3.8) is 0 Å². The van der Waals surface area contributed by atoms with Crippen LogP contribution in [0.5, 0.6) is 0 Å². The second kappa shape index (κ2) is 7.55. The lowest BCUT2D eigenvalue weighted by Gasteiger charge is -2.14. The van der Waals surface area contributed by atoms with E-state index in [1.165, 1.54) is 4.90 Å². The smallest absolute Gasteiger partial charge is 0.324 e. The molecule has 1 aromatic carbocycles. The summed E-state index contributed by atoms with van der Waals surface area (Å²) in [5, 5.41) is 9.10. The second-order valence-electron chi connectivity index (χ2n) is 7.43. The van der Waals surface area contributed by atoms with Crippen molar-refractivity contribution in [2.45, 2.75) is 39.2 Å². The van der Waals surface area contributed by atoms with Gasteiger partial charge in [0, 0.05) is 35.8 Å². The minimum Gasteiger partial charge on any atom is -0.326 e. The zero-order valence-corrected chi connectivity index (χ0v) is 17.5. The Hall–Kier alpha value is -2.80. The number of aromatic nitrogens is 3. The summed E-state index contributed by atoms with van der Waals surface area (Å²) < 4.78 is 3.91. The van der Waals surface area contributed by atoms with Crippen molar-refractivity contribution in [1.82, 2.24) is 24.6 Å². The molecule has 3 heterocycles. The minimum atomic E-state index is -0.403. The van der Waals surface area contributed by atoms with E-state index in [1.807, 2.05) is 56.0 Å². The van der Waals surface area contributed by atoms with Crippen molar-refractivity contribution in [2.75, 3.05) is 6.54 Å². The fraction of sp³-hybridized carbons (Fsp3) is 0.381. The summed E-state index contributed by atoms with van der Waals surface area (Å²) >= 11 is 6.12. The molecule has 7 nitrogen and oxygen atoms in total. The number of halogens is 1. The summed E-state index contributed by atoms with van der Waals surface area (Å²) in [4.78, 5) is 26.1. The van der Waals surface area contributed by atoms with Gasteiger partial charge in [-0.3, -0.25) is 14.4 Å². The number of benzene rings is 1. The number of hydrogen-bond acceptors (Lipinski definition) is 3. The van der Waals surface area contributed by atoms with Gasteiger partial charge in [-0.1, -0.05) is 24.9 Å². The first kappa shape index (κ1) is 19.5. The SMILES string of the molecule is CCCC1NC(=O)N(CCc2c(C)nn(C)c2-n2ccc3cc(Cl)ccc32)C1=O. The molecule has 1 aliphatic rings. The summed E-state index contributed by atoms with van der Waals surface area (Å²) in [5.41, 5.74) is 2.92. The lowest BCUT2D eigenvalue weighted by Crippen LogP contribution is -2.33. The molecule has 1 saturated heterocycles. The molecule has 152 valence electrons. The van der Waals surface area contributed by atoms with Crippen molar-refractivity contribution in [3.8, 4) is 5.82 Å². The largest absolute Gasteiger partial charge is 0.326 e. The Kier molecular flexibility index (Phi) is 5.08. The highest BCUT2D eigenvalue weighted by molar-refractivity contribution is 6.31. The highest BCUT2D eigenvalue weighted by Gasteiger charge is 2.37. The van der Waals surface area contributed by atoms with Gasteiger partial charge < -0.3 is 9.88 Å². The van der Waals surface area contributed by atoms with Crippen LogP contribution in [-0.4, -0.2) is 43.8 Å². The van der Waals surface area contributed by atoms with Crippen molar-refractivity contribution >= 4 is 34.4 Å². The first-order valence-corrected chi connectivity index (χ1v) is 10.2. The summed E-state index contributed by atoms with van der Waals surface area (Å²) in [5.74, 6) is 0.790. The monoisotopic (exact) mass is 413 g/mol. The van der Waals surface area contributed by atoms with Gasteiger partial charge in [-0.15, -0.1) is 0 Å². The summed E-state index contributed by atoms with van der Waals surface area (Å²) in [7, 11) is 1.90. The Labute approximate surface area is 174 Å². The Balaban J connectivity index is 1.64. The molecule has 0 spiro atoms. The van der Waals surface area contributed by atoms with Crippen LogP contribution in [-0.2, 0) is 18.3 Å². The normalized spacial score (nSPS) is 16.8. The fourth-order valence-electron chi connectivity index (χ4n) is 4.08.